The van der Waals surface area contributed by atoms with Crippen molar-refractivity contribution in [2.24, 2.45) is 0 Å². The van der Waals surface area contributed by atoms with E-state index in [1.807, 2.05) is 0 Å². The van der Waals surface area contributed by atoms with Crippen molar-refractivity contribution in [2.45, 2.75) is 78.6 Å². The van der Waals surface area contributed by atoms with Crippen LogP contribution in [-0.2, 0) is 6.42 Å². The normalized spacial score (nSPS) is 12.4. The third kappa shape index (κ3) is 6.26. The molecule has 1 rings (SSSR count). The van der Waals surface area contributed by atoms with Crippen LogP contribution in [0.4, 0.5) is 0 Å². The van der Waals surface area contributed by atoms with Gasteiger partial charge in [-0.25, -0.2) is 0 Å². The lowest BCUT2D eigenvalue weighted by atomic mass is 9.92. The van der Waals surface area contributed by atoms with Gasteiger partial charge in [-0.1, -0.05) is 75.9 Å². The number of rotatable bonds is 10. The largest absolute Gasteiger partial charge is 0.0888 e. The molecule has 0 radical (unpaired) electrons. The average molecular weight is 307 g/mol. The summed E-state index contributed by atoms with van der Waals surface area (Å²) in [6.45, 7) is 6.73. The summed E-state index contributed by atoms with van der Waals surface area (Å²) in [6, 6.07) is 8.86. The quantitative estimate of drug-likeness (QED) is 0.423. The van der Waals surface area contributed by atoms with Gasteiger partial charge >= 0.3 is 0 Å². The molecule has 0 spiro atoms. The minimum absolute atomic E-state index is 1.03. The summed E-state index contributed by atoms with van der Waals surface area (Å²) in [4.78, 5) is 0. The maximum Gasteiger partial charge on any atom is 0.0219 e. The third-order valence-electron chi connectivity index (χ3n) is 4.00. The van der Waals surface area contributed by atoms with E-state index in [4.69, 9.17) is 11.6 Å². The molecular formula is C20H31Cl. The van der Waals surface area contributed by atoms with Crippen molar-refractivity contribution in [3.8, 4) is 0 Å². The average Bonchev–Trinajstić information content (AvgIpc) is 2.52. The van der Waals surface area contributed by atoms with E-state index in [-0.39, 0.29) is 0 Å². The molecule has 0 aliphatic carbocycles. The molecule has 0 saturated carbocycles. The summed E-state index contributed by atoms with van der Waals surface area (Å²) in [5.41, 5.74) is 4.28. The standard InChI is InChI=1S/C20H31Cl/c1-4-7-12-17-13-10-11-15-18(17)19(14-8-5-2)20(21)16-9-6-3/h10-11,13,15H,4-9,12,14,16H2,1-3H3. The predicted octanol–water partition coefficient (Wildman–Crippen LogP) is 7.36. The smallest absolute Gasteiger partial charge is 0.0219 e. The molecule has 21 heavy (non-hydrogen) atoms. The second-order valence-corrected chi connectivity index (χ2v) is 6.31. The SMILES string of the molecule is CCCCC(Cl)=C(CCCC)c1ccccc1CCCC. The van der Waals surface area contributed by atoms with Crippen LogP contribution in [0.2, 0.25) is 0 Å². The second kappa shape index (κ2) is 10.9. The molecule has 1 aromatic rings. The Labute approximate surface area is 136 Å². The number of unbranched alkanes of at least 4 members (excludes halogenated alkanes) is 3. The third-order valence-corrected chi connectivity index (χ3v) is 4.42. The van der Waals surface area contributed by atoms with Gasteiger partial charge in [-0.3, -0.25) is 0 Å². The monoisotopic (exact) mass is 306 g/mol. The van der Waals surface area contributed by atoms with Gasteiger partial charge in [0.25, 0.3) is 0 Å². The molecule has 118 valence electrons. The van der Waals surface area contributed by atoms with Crippen molar-refractivity contribution >= 4 is 17.2 Å². The number of aryl methyl sites for hydroxylation is 1. The van der Waals surface area contributed by atoms with E-state index in [9.17, 15) is 0 Å². The Hall–Kier alpha value is -0.750. The Balaban J connectivity index is 3.07. The number of hydrogen-bond acceptors (Lipinski definition) is 0. The molecule has 0 aliphatic rings. The van der Waals surface area contributed by atoms with Crippen LogP contribution in [0.15, 0.2) is 29.3 Å². The molecule has 0 fully saturated rings. The highest BCUT2D eigenvalue weighted by molar-refractivity contribution is 6.32. The van der Waals surface area contributed by atoms with Gasteiger partial charge in [0.2, 0.25) is 0 Å². The number of allylic oxidation sites excluding steroid dienone is 2. The van der Waals surface area contributed by atoms with Gasteiger partial charge in [-0.05, 0) is 55.2 Å². The van der Waals surface area contributed by atoms with Gasteiger partial charge in [0.1, 0.15) is 0 Å². The van der Waals surface area contributed by atoms with E-state index in [1.165, 1.54) is 61.6 Å². The first-order valence-electron chi connectivity index (χ1n) is 8.70. The first kappa shape index (κ1) is 18.3. The lowest BCUT2D eigenvalue weighted by molar-refractivity contribution is 0.783. The molecule has 0 atom stereocenters. The van der Waals surface area contributed by atoms with Crippen LogP contribution in [-0.4, -0.2) is 0 Å². The van der Waals surface area contributed by atoms with E-state index < -0.39 is 0 Å². The fourth-order valence-electron chi connectivity index (χ4n) is 2.65. The second-order valence-electron chi connectivity index (χ2n) is 5.85. The van der Waals surface area contributed by atoms with Crippen LogP contribution in [0.25, 0.3) is 5.57 Å². The molecule has 0 aromatic heterocycles. The zero-order valence-corrected chi connectivity index (χ0v) is 14.8. The molecule has 1 aromatic carbocycles. The molecule has 0 aliphatic heterocycles. The fourth-order valence-corrected chi connectivity index (χ4v) is 2.98. The fraction of sp³-hybridized carbons (Fsp3) is 0.600. The summed E-state index contributed by atoms with van der Waals surface area (Å²) in [5.74, 6) is 0. The topological polar surface area (TPSA) is 0 Å². The summed E-state index contributed by atoms with van der Waals surface area (Å²) >= 11 is 6.68. The van der Waals surface area contributed by atoms with Crippen LogP contribution in [0.3, 0.4) is 0 Å². The van der Waals surface area contributed by atoms with Crippen molar-refractivity contribution in [3.63, 3.8) is 0 Å². The molecule has 0 amide bonds. The van der Waals surface area contributed by atoms with Crippen LogP contribution >= 0.6 is 11.6 Å². The van der Waals surface area contributed by atoms with Gasteiger partial charge in [-0.15, -0.1) is 0 Å². The van der Waals surface area contributed by atoms with E-state index >= 15 is 0 Å². The van der Waals surface area contributed by atoms with Crippen LogP contribution in [0.5, 0.6) is 0 Å². The van der Waals surface area contributed by atoms with Crippen molar-refractivity contribution in [3.05, 3.63) is 40.4 Å². The van der Waals surface area contributed by atoms with Gasteiger partial charge in [0, 0.05) is 5.03 Å². The molecule has 0 bridgehead atoms. The number of benzene rings is 1. The van der Waals surface area contributed by atoms with Gasteiger partial charge in [0.05, 0.1) is 0 Å². The summed E-state index contributed by atoms with van der Waals surface area (Å²) in [6.07, 6.45) is 10.6. The first-order chi connectivity index (χ1) is 10.2. The number of hydrogen-bond donors (Lipinski definition) is 0. The minimum atomic E-state index is 1.03. The van der Waals surface area contributed by atoms with Crippen LogP contribution in [0.1, 0.15) is 83.3 Å². The Morgan fingerprint density at radius 1 is 0.857 bits per heavy atom. The van der Waals surface area contributed by atoms with Crippen LogP contribution in [0, 0.1) is 0 Å². The highest BCUT2D eigenvalue weighted by atomic mass is 35.5. The van der Waals surface area contributed by atoms with E-state index in [1.54, 1.807) is 0 Å². The lowest BCUT2D eigenvalue weighted by Crippen LogP contribution is -1.97. The molecular weight excluding hydrogens is 276 g/mol. The van der Waals surface area contributed by atoms with E-state index in [0.29, 0.717) is 0 Å². The first-order valence-corrected chi connectivity index (χ1v) is 9.08. The number of halogens is 1. The molecule has 0 unspecified atom stereocenters. The van der Waals surface area contributed by atoms with E-state index in [2.05, 4.69) is 45.0 Å². The van der Waals surface area contributed by atoms with Crippen molar-refractivity contribution in [1.82, 2.24) is 0 Å². The Kier molecular flexibility index (Phi) is 9.50. The maximum absolute atomic E-state index is 6.68. The van der Waals surface area contributed by atoms with E-state index in [0.717, 1.165) is 17.9 Å². The minimum Gasteiger partial charge on any atom is -0.0888 e. The Bertz CT molecular complexity index is 431. The Morgan fingerprint density at radius 3 is 2.14 bits per heavy atom. The predicted molar refractivity (Wildman–Crippen MR) is 96.9 cm³/mol. The molecule has 1 heteroatoms. The molecule has 0 heterocycles. The summed E-state index contributed by atoms with van der Waals surface area (Å²) in [5, 5.41) is 1.09. The van der Waals surface area contributed by atoms with Crippen molar-refractivity contribution in [2.75, 3.05) is 0 Å². The lowest BCUT2D eigenvalue weighted by Gasteiger charge is -2.15. The highest BCUT2D eigenvalue weighted by Gasteiger charge is 2.11. The van der Waals surface area contributed by atoms with Gasteiger partial charge < -0.3 is 0 Å². The van der Waals surface area contributed by atoms with Gasteiger partial charge in [-0.2, -0.15) is 0 Å². The van der Waals surface area contributed by atoms with Crippen molar-refractivity contribution in [1.29, 1.82) is 0 Å². The maximum atomic E-state index is 6.68. The van der Waals surface area contributed by atoms with Crippen molar-refractivity contribution < 1.29 is 0 Å². The zero-order valence-electron chi connectivity index (χ0n) is 14.1. The molecule has 0 nitrogen and oxygen atoms in total. The molecule has 0 saturated heterocycles. The zero-order chi connectivity index (χ0) is 15.5. The summed E-state index contributed by atoms with van der Waals surface area (Å²) in [7, 11) is 0. The molecule has 0 N–H and O–H groups in total. The Morgan fingerprint density at radius 2 is 1.48 bits per heavy atom. The summed E-state index contributed by atoms with van der Waals surface area (Å²) < 4.78 is 0. The van der Waals surface area contributed by atoms with Crippen LogP contribution < -0.4 is 0 Å². The highest BCUT2D eigenvalue weighted by Crippen LogP contribution is 2.32. The van der Waals surface area contributed by atoms with Gasteiger partial charge in [0.15, 0.2) is 0 Å².